The highest BCUT2D eigenvalue weighted by Crippen LogP contribution is 2.21. The van der Waals surface area contributed by atoms with Gasteiger partial charge in [-0.1, -0.05) is 18.2 Å². The third-order valence-corrected chi connectivity index (χ3v) is 3.15. The molecular formula is C16H24N2O. The van der Waals surface area contributed by atoms with Gasteiger partial charge in [-0.05, 0) is 50.8 Å². The minimum absolute atomic E-state index is 0.0803. The first-order chi connectivity index (χ1) is 9.01. The molecule has 1 heterocycles. The van der Waals surface area contributed by atoms with Gasteiger partial charge in [-0.15, -0.1) is 0 Å². The lowest BCUT2D eigenvalue weighted by Crippen LogP contribution is -2.21. The molecule has 2 aromatic rings. The monoisotopic (exact) mass is 260 g/mol. The molecule has 0 aliphatic rings. The van der Waals surface area contributed by atoms with E-state index in [0.29, 0.717) is 6.54 Å². The van der Waals surface area contributed by atoms with E-state index in [2.05, 4.69) is 55.8 Å². The molecule has 0 amide bonds. The van der Waals surface area contributed by atoms with E-state index in [0.717, 1.165) is 19.6 Å². The fourth-order valence-electron chi connectivity index (χ4n) is 2.33. The van der Waals surface area contributed by atoms with Gasteiger partial charge in [0.05, 0.1) is 17.7 Å². The van der Waals surface area contributed by atoms with E-state index >= 15 is 0 Å². The molecule has 1 aromatic carbocycles. The molecule has 104 valence electrons. The molecule has 0 bridgehead atoms. The maximum Gasteiger partial charge on any atom is 0.0652 e. The van der Waals surface area contributed by atoms with Crippen molar-refractivity contribution in [2.45, 2.75) is 39.3 Å². The standard InChI is InChI=1S/C16H24N2O/c1-16(2,3)19-12-11-18-10-8-14-6-4-5-13(7-9-17)15(14)18/h4-6,8,10H,7,9,11-12,17H2,1-3H3. The first-order valence-electron chi connectivity index (χ1n) is 6.92. The number of benzene rings is 1. The van der Waals surface area contributed by atoms with E-state index < -0.39 is 0 Å². The van der Waals surface area contributed by atoms with Gasteiger partial charge in [0.1, 0.15) is 0 Å². The Morgan fingerprint density at radius 1 is 1.21 bits per heavy atom. The van der Waals surface area contributed by atoms with E-state index in [4.69, 9.17) is 10.5 Å². The lowest BCUT2D eigenvalue weighted by Gasteiger charge is -2.20. The molecular weight excluding hydrogens is 236 g/mol. The van der Waals surface area contributed by atoms with Crippen molar-refractivity contribution in [3.63, 3.8) is 0 Å². The van der Waals surface area contributed by atoms with Crippen LogP contribution < -0.4 is 5.73 Å². The average molecular weight is 260 g/mol. The topological polar surface area (TPSA) is 40.2 Å². The summed E-state index contributed by atoms with van der Waals surface area (Å²) in [5.74, 6) is 0. The first kappa shape index (κ1) is 14.1. The first-order valence-corrected chi connectivity index (χ1v) is 6.92. The van der Waals surface area contributed by atoms with Gasteiger partial charge in [0.25, 0.3) is 0 Å². The van der Waals surface area contributed by atoms with Crippen molar-refractivity contribution in [1.29, 1.82) is 0 Å². The molecule has 0 aliphatic heterocycles. The summed E-state index contributed by atoms with van der Waals surface area (Å²) in [6.07, 6.45) is 3.05. The van der Waals surface area contributed by atoms with Crippen LogP contribution in [0.1, 0.15) is 26.3 Å². The van der Waals surface area contributed by atoms with Gasteiger partial charge in [-0.25, -0.2) is 0 Å². The molecule has 3 nitrogen and oxygen atoms in total. The molecule has 3 heteroatoms. The molecule has 0 spiro atoms. The zero-order valence-corrected chi connectivity index (χ0v) is 12.1. The Morgan fingerprint density at radius 2 is 2.00 bits per heavy atom. The molecule has 0 radical (unpaired) electrons. The van der Waals surface area contributed by atoms with Crippen molar-refractivity contribution in [3.8, 4) is 0 Å². The Labute approximate surface area is 115 Å². The van der Waals surface area contributed by atoms with E-state index in [9.17, 15) is 0 Å². The molecule has 0 saturated heterocycles. The van der Waals surface area contributed by atoms with Crippen LogP contribution in [0, 0.1) is 0 Å². The second-order valence-corrected chi connectivity index (χ2v) is 5.86. The van der Waals surface area contributed by atoms with Crippen LogP contribution in [0.15, 0.2) is 30.5 Å². The molecule has 0 unspecified atom stereocenters. The second kappa shape index (κ2) is 5.76. The molecule has 0 fully saturated rings. The van der Waals surface area contributed by atoms with E-state index in [-0.39, 0.29) is 5.60 Å². The molecule has 19 heavy (non-hydrogen) atoms. The zero-order chi connectivity index (χ0) is 13.9. The largest absolute Gasteiger partial charge is 0.374 e. The van der Waals surface area contributed by atoms with Crippen LogP contribution in [-0.4, -0.2) is 23.3 Å². The Balaban J connectivity index is 2.19. The van der Waals surface area contributed by atoms with Crippen LogP contribution in [0.25, 0.3) is 10.9 Å². The summed E-state index contributed by atoms with van der Waals surface area (Å²) in [5, 5.41) is 1.28. The lowest BCUT2D eigenvalue weighted by atomic mass is 10.1. The summed E-state index contributed by atoms with van der Waals surface area (Å²) in [7, 11) is 0. The fourth-order valence-corrected chi connectivity index (χ4v) is 2.33. The number of aromatic nitrogens is 1. The quantitative estimate of drug-likeness (QED) is 0.898. The number of hydrogen-bond donors (Lipinski definition) is 1. The highest BCUT2D eigenvalue weighted by molar-refractivity contribution is 5.83. The van der Waals surface area contributed by atoms with Gasteiger partial charge in [-0.3, -0.25) is 0 Å². The van der Waals surface area contributed by atoms with Crippen molar-refractivity contribution >= 4 is 10.9 Å². The molecule has 0 saturated carbocycles. The van der Waals surface area contributed by atoms with Crippen molar-refractivity contribution in [1.82, 2.24) is 4.57 Å². The van der Waals surface area contributed by atoms with Crippen LogP contribution in [0.3, 0.4) is 0 Å². The van der Waals surface area contributed by atoms with Gasteiger partial charge in [0, 0.05) is 12.7 Å². The number of fused-ring (bicyclic) bond motifs is 1. The summed E-state index contributed by atoms with van der Waals surface area (Å²) < 4.78 is 8.08. The Bertz CT molecular complexity index is 537. The van der Waals surface area contributed by atoms with Crippen LogP contribution in [-0.2, 0) is 17.7 Å². The van der Waals surface area contributed by atoms with Gasteiger partial charge in [0.15, 0.2) is 0 Å². The lowest BCUT2D eigenvalue weighted by molar-refractivity contribution is -0.00645. The number of rotatable bonds is 5. The van der Waals surface area contributed by atoms with Gasteiger partial charge in [0.2, 0.25) is 0 Å². The normalized spacial score (nSPS) is 12.2. The number of nitrogens with zero attached hydrogens (tertiary/aromatic N) is 1. The van der Waals surface area contributed by atoms with Crippen molar-refractivity contribution in [3.05, 3.63) is 36.0 Å². The minimum atomic E-state index is -0.0803. The summed E-state index contributed by atoms with van der Waals surface area (Å²) >= 11 is 0. The van der Waals surface area contributed by atoms with Crippen LogP contribution >= 0.6 is 0 Å². The number of hydrogen-bond acceptors (Lipinski definition) is 2. The Kier molecular flexibility index (Phi) is 4.27. The molecule has 0 aliphatic carbocycles. The predicted molar refractivity (Wildman–Crippen MR) is 80.4 cm³/mol. The Morgan fingerprint density at radius 3 is 2.68 bits per heavy atom. The average Bonchev–Trinajstić information content (AvgIpc) is 2.73. The summed E-state index contributed by atoms with van der Waals surface area (Å²) in [5.41, 5.74) is 8.23. The number of nitrogens with two attached hydrogens (primary N) is 1. The van der Waals surface area contributed by atoms with Crippen LogP contribution in [0.4, 0.5) is 0 Å². The van der Waals surface area contributed by atoms with Crippen molar-refractivity contribution in [2.24, 2.45) is 5.73 Å². The second-order valence-electron chi connectivity index (χ2n) is 5.86. The number of ether oxygens (including phenoxy) is 1. The maximum absolute atomic E-state index is 5.81. The Hall–Kier alpha value is -1.32. The van der Waals surface area contributed by atoms with Crippen molar-refractivity contribution < 1.29 is 4.74 Å². The smallest absolute Gasteiger partial charge is 0.0652 e. The highest BCUT2D eigenvalue weighted by Gasteiger charge is 2.11. The van der Waals surface area contributed by atoms with Crippen molar-refractivity contribution in [2.75, 3.05) is 13.2 Å². The third kappa shape index (κ3) is 3.58. The maximum atomic E-state index is 5.81. The van der Waals surface area contributed by atoms with Gasteiger partial charge >= 0.3 is 0 Å². The third-order valence-electron chi connectivity index (χ3n) is 3.15. The number of para-hydroxylation sites is 1. The summed E-state index contributed by atoms with van der Waals surface area (Å²) in [6, 6.07) is 8.57. The summed E-state index contributed by atoms with van der Waals surface area (Å²) in [6.45, 7) is 8.54. The predicted octanol–water partition coefficient (Wildman–Crippen LogP) is 2.96. The van der Waals surface area contributed by atoms with E-state index in [1.807, 2.05) is 0 Å². The van der Waals surface area contributed by atoms with E-state index in [1.165, 1.54) is 16.5 Å². The molecule has 2 N–H and O–H groups in total. The molecule has 1 aromatic heterocycles. The summed E-state index contributed by atoms with van der Waals surface area (Å²) in [4.78, 5) is 0. The SMILES string of the molecule is CC(C)(C)OCCn1ccc2cccc(CCN)c21. The molecule has 2 rings (SSSR count). The minimum Gasteiger partial charge on any atom is -0.374 e. The highest BCUT2D eigenvalue weighted by atomic mass is 16.5. The van der Waals surface area contributed by atoms with Gasteiger partial charge < -0.3 is 15.0 Å². The van der Waals surface area contributed by atoms with E-state index in [1.54, 1.807) is 0 Å². The van der Waals surface area contributed by atoms with Gasteiger partial charge in [-0.2, -0.15) is 0 Å². The van der Waals surface area contributed by atoms with Crippen LogP contribution in [0.2, 0.25) is 0 Å². The molecule has 0 atom stereocenters. The zero-order valence-electron chi connectivity index (χ0n) is 12.1. The fraction of sp³-hybridized carbons (Fsp3) is 0.500. The van der Waals surface area contributed by atoms with Crippen LogP contribution in [0.5, 0.6) is 0 Å².